The number of nitrogens with zero attached hydrogens (tertiary/aromatic N) is 1. The summed E-state index contributed by atoms with van der Waals surface area (Å²) in [4.78, 5) is 62.7. The SMILES string of the molecule is CC(C)CC(NC(=O)C(N)CCC(N)=O)C(=O)N1CCCC1C(=O)NC(CCCCN)C(=O)O. The fourth-order valence-electron chi connectivity index (χ4n) is 3.92. The van der Waals surface area contributed by atoms with Crippen molar-refractivity contribution in [2.75, 3.05) is 13.1 Å². The molecular weight excluding hydrogens is 444 g/mol. The van der Waals surface area contributed by atoms with Crippen LogP contribution >= 0.6 is 0 Å². The molecule has 0 aromatic carbocycles. The first-order valence-corrected chi connectivity index (χ1v) is 11.9. The number of rotatable bonds is 15. The number of primary amides is 1. The number of carboxylic acid groups (broad SMARTS) is 1. The quantitative estimate of drug-likeness (QED) is 0.155. The van der Waals surface area contributed by atoms with E-state index in [9.17, 15) is 29.1 Å². The van der Waals surface area contributed by atoms with E-state index in [0.717, 1.165) is 0 Å². The third-order valence-corrected chi connectivity index (χ3v) is 5.76. The van der Waals surface area contributed by atoms with Crippen molar-refractivity contribution in [2.24, 2.45) is 23.1 Å². The van der Waals surface area contributed by atoms with Crippen molar-refractivity contribution in [1.82, 2.24) is 15.5 Å². The monoisotopic (exact) mass is 484 g/mol. The fraction of sp³-hybridized carbons (Fsp3) is 0.773. The molecule has 4 amide bonds. The molecule has 9 N–H and O–H groups in total. The van der Waals surface area contributed by atoms with E-state index in [-0.39, 0.29) is 25.2 Å². The fourth-order valence-corrected chi connectivity index (χ4v) is 3.92. The number of amides is 4. The van der Waals surface area contributed by atoms with Crippen molar-refractivity contribution in [3.8, 4) is 0 Å². The summed E-state index contributed by atoms with van der Waals surface area (Å²) in [6, 6.07) is -3.79. The molecule has 1 aliphatic heterocycles. The van der Waals surface area contributed by atoms with Crippen LogP contribution in [0.1, 0.15) is 65.2 Å². The van der Waals surface area contributed by atoms with Crippen LogP contribution in [0.25, 0.3) is 0 Å². The molecule has 1 heterocycles. The van der Waals surface area contributed by atoms with E-state index in [2.05, 4.69) is 10.6 Å². The largest absolute Gasteiger partial charge is 0.480 e. The van der Waals surface area contributed by atoms with Gasteiger partial charge in [0, 0.05) is 13.0 Å². The van der Waals surface area contributed by atoms with E-state index < -0.39 is 53.8 Å². The Bertz CT molecular complexity index is 731. The summed E-state index contributed by atoms with van der Waals surface area (Å²) in [5.74, 6) is -3.19. The van der Waals surface area contributed by atoms with Gasteiger partial charge in [0.25, 0.3) is 0 Å². The Morgan fingerprint density at radius 2 is 1.74 bits per heavy atom. The van der Waals surface area contributed by atoms with Crippen molar-refractivity contribution < 1.29 is 29.1 Å². The van der Waals surface area contributed by atoms with Crippen LogP contribution < -0.4 is 27.8 Å². The van der Waals surface area contributed by atoms with Crippen LogP contribution in [0.3, 0.4) is 0 Å². The molecule has 0 saturated carbocycles. The molecule has 0 bridgehead atoms. The highest BCUT2D eigenvalue weighted by atomic mass is 16.4. The molecule has 4 unspecified atom stereocenters. The average molecular weight is 485 g/mol. The van der Waals surface area contributed by atoms with E-state index in [0.29, 0.717) is 45.2 Å². The number of carboxylic acids is 1. The smallest absolute Gasteiger partial charge is 0.326 e. The van der Waals surface area contributed by atoms with E-state index in [1.807, 2.05) is 13.8 Å². The molecule has 0 radical (unpaired) electrons. The number of nitrogens with one attached hydrogen (secondary N) is 2. The number of likely N-dealkylation sites (tertiary alicyclic amines) is 1. The number of hydrogen-bond donors (Lipinski definition) is 6. The molecule has 4 atom stereocenters. The number of carbonyl (C=O) groups excluding carboxylic acids is 4. The van der Waals surface area contributed by atoms with Gasteiger partial charge in [-0.1, -0.05) is 13.8 Å². The minimum atomic E-state index is -1.14. The highest BCUT2D eigenvalue weighted by molar-refractivity contribution is 5.94. The minimum absolute atomic E-state index is 0.0538. The Morgan fingerprint density at radius 1 is 1.06 bits per heavy atom. The molecule has 0 aromatic heterocycles. The molecule has 1 aliphatic rings. The Morgan fingerprint density at radius 3 is 2.29 bits per heavy atom. The summed E-state index contributed by atoms with van der Waals surface area (Å²) in [6.07, 6.45) is 2.75. The van der Waals surface area contributed by atoms with Crippen molar-refractivity contribution in [1.29, 1.82) is 0 Å². The summed E-state index contributed by atoms with van der Waals surface area (Å²) < 4.78 is 0. The second kappa shape index (κ2) is 14.5. The lowest BCUT2D eigenvalue weighted by Gasteiger charge is -2.30. The first-order valence-electron chi connectivity index (χ1n) is 11.9. The van der Waals surface area contributed by atoms with Gasteiger partial charge in [-0.05, 0) is 57.4 Å². The molecule has 12 heteroatoms. The molecule has 0 aliphatic carbocycles. The Balaban J connectivity index is 2.89. The third-order valence-electron chi connectivity index (χ3n) is 5.76. The maximum Gasteiger partial charge on any atom is 0.326 e. The summed E-state index contributed by atoms with van der Waals surface area (Å²) in [6.45, 7) is 4.54. The first kappa shape index (κ1) is 29.3. The van der Waals surface area contributed by atoms with Gasteiger partial charge in [0.05, 0.1) is 6.04 Å². The molecule has 194 valence electrons. The number of aliphatic carboxylic acids is 1. The van der Waals surface area contributed by atoms with Gasteiger partial charge in [-0.25, -0.2) is 4.79 Å². The summed E-state index contributed by atoms with van der Waals surface area (Å²) in [5, 5.41) is 14.6. The maximum atomic E-state index is 13.3. The van der Waals surface area contributed by atoms with Crippen molar-refractivity contribution in [3.63, 3.8) is 0 Å². The molecule has 1 rings (SSSR count). The van der Waals surface area contributed by atoms with Gasteiger partial charge >= 0.3 is 5.97 Å². The van der Waals surface area contributed by atoms with Gasteiger partial charge in [-0.3, -0.25) is 19.2 Å². The molecule has 0 aromatic rings. The van der Waals surface area contributed by atoms with E-state index in [1.54, 1.807) is 0 Å². The third kappa shape index (κ3) is 9.64. The molecule has 12 nitrogen and oxygen atoms in total. The molecule has 0 spiro atoms. The Hall–Kier alpha value is -2.73. The molecule has 34 heavy (non-hydrogen) atoms. The molecule has 1 fully saturated rings. The van der Waals surface area contributed by atoms with Crippen LogP contribution in [-0.2, 0) is 24.0 Å². The maximum absolute atomic E-state index is 13.3. The van der Waals surface area contributed by atoms with Crippen LogP contribution in [0.15, 0.2) is 0 Å². The van der Waals surface area contributed by atoms with Gasteiger partial charge in [-0.15, -0.1) is 0 Å². The van der Waals surface area contributed by atoms with E-state index in [1.165, 1.54) is 4.90 Å². The van der Waals surface area contributed by atoms with Gasteiger partial charge in [0.1, 0.15) is 18.1 Å². The second-order valence-corrected chi connectivity index (χ2v) is 9.18. The van der Waals surface area contributed by atoms with Crippen LogP contribution in [0, 0.1) is 5.92 Å². The van der Waals surface area contributed by atoms with Crippen LogP contribution in [0.2, 0.25) is 0 Å². The predicted molar refractivity (Wildman–Crippen MR) is 125 cm³/mol. The first-order chi connectivity index (χ1) is 16.0. The normalized spacial score (nSPS) is 18.3. The lowest BCUT2D eigenvalue weighted by atomic mass is 10.0. The lowest BCUT2D eigenvalue weighted by Crippen LogP contribution is -2.57. The van der Waals surface area contributed by atoms with Gasteiger partial charge in [0.2, 0.25) is 23.6 Å². The van der Waals surface area contributed by atoms with Gasteiger partial charge < -0.3 is 37.8 Å². The molecular formula is C22H40N6O6. The number of carbonyl (C=O) groups is 5. The zero-order valence-electron chi connectivity index (χ0n) is 20.1. The standard InChI is InChI=1S/C22H40N6O6/c1-13(2)12-16(27-19(30)14(24)8-9-18(25)29)21(32)28-11-5-7-17(28)20(31)26-15(22(33)34)6-3-4-10-23/h13-17H,3-12,23-24H2,1-2H3,(H2,25,29)(H,26,31)(H,27,30)(H,33,34). The van der Waals surface area contributed by atoms with Crippen molar-refractivity contribution in [2.45, 2.75) is 89.4 Å². The van der Waals surface area contributed by atoms with E-state index >= 15 is 0 Å². The van der Waals surface area contributed by atoms with Crippen LogP contribution in [-0.4, -0.2) is 76.9 Å². The van der Waals surface area contributed by atoms with Crippen LogP contribution in [0.4, 0.5) is 0 Å². The van der Waals surface area contributed by atoms with Gasteiger partial charge in [0.15, 0.2) is 0 Å². The van der Waals surface area contributed by atoms with Gasteiger partial charge in [-0.2, -0.15) is 0 Å². The van der Waals surface area contributed by atoms with Crippen molar-refractivity contribution in [3.05, 3.63) is 0 Å². The Kier molecular flexibility index (Phi) is 12.5. The van der Waals surface area contributed by atoms with Crippen molar-refractivity contribution >= 4 is 29.6 Å². The predicted octanol–water partition coefficient (Wildman–Crippen LogP) is -1.20. The molecule has 1 saturated heterocycles. The number of hydrogen-bond acceptors (Lipinski definition) is 7. The van der Waals surface area contributed by atoms with E-state index in [4.69, 9.17) is 17.2 Å². The zero-order chi connectivity index (χ0) is 25.8. The lowest BCUT2D eigenvalue weighted by molar-refractivity contribution is -0.145. The Labute approximate surface area is 200 Å². The topological polar surface area (TPSA) is 211 Å². The number of nitrogens with two attached hydrogens (primary N) is 3. The average Bonchev–Trinajstić information content (AvgIpc) is 3.25. The highest BCUT2D eigenvalue weighted by Crippen LogP contribution is 2.21. The zero-order valence-corrected chi connectivity index (χ0v) is 20.1. The minimum Gasteiger partial charge on any atom is -0.480 e. The summed E-state index contributed by atoms with van der Waals surface area (Å²) >= 11 is 0. The number of unbranched alkanes of at least 4 members (excludes halogenated alkanes) is 1. The second-order valence-electron chi connectivity index (χ2n) is 9.18. The van der Waals surface area contributed by atoms with Crippen LogP contribution in [0.5, 0.6) is 0 Å². The summed E-state index contributed by atoms with van der Waals surface area (Å²) in [5.41, 5.74) is 16.4. The highest BCUT2D eigenvalue weighted by Gasteiger charge is 2.39. The summed E-state index contributed by atoms with van der Waals surface area (Å²) in [7, 11) is 0.